The molecule has 2 N–H and O–H groups in total. The Hall–Kier alpha value is -0.230. The van der Waals surface area contributed by atoms with E-state index in [0.29, 0.717) is 12.8 Å². The maximum absolute atomic E-state index is 11.9. The van der Waals surface area contributed by atoms with E-state index in [1.165, 1.54) is 0 Å². The number of alkyl halides is 2. The van der Waals surface area contributed by atoms with Crippen molar-refractivity contribution in [2.75, 3.05) is 5.75 Å². The second-order valence-corrected chi connectivity index (χ2v) is 5.54. The lowest BCUT2D eigenvalue weighted by Gasteiger charge is -2.08. The molecule has 0 radical (unpaired) electrons. The van der Waals surface area contributed by atoms with Crippen LogP contribution >= 0.6 is 0 Å². The first kappa shape index (κ1) is 10.8. The van der Waals surface area contributed by atoms with Crippen molar-refractivity contribution in [3.8, 4) is 0 Å². The van der Waals surface area contributed by atoms with Gasteiger partial charge in [0.1, 0.15) is 0 Å². The lowest BCUT2D eigenvalue weighted by Crippen LogP contribution is -2.22. The second kappa shape index (κ2) is 3.88. The molecule has 13 heavy (non-hydrogen) atoms. The fourth-order valence-electron chi connectivity index (χ4n) is 1.67. The monoisotopic (exact) mass is 213 g/mol. The summed E-state index contributed by atoms with van der Waals surface area (Å²) in [6.45, 7) is 0. The van der Waals surface area contributed by atoms with Crippen LogP contribution < -0.4 is 5.73 Å². The smallest absolute Gasteiger partial charge is 0.328 e. The second-order valence-electron chi connectivity index (χ2n) is 3.53. The van der Waals surface area contributed by atoms with Gasteiger partial charge in [-0.2, -0.15) is 8.78 Å². The van der Waals surface area contributed by atoms with Gasteiger partial charge in [0, 0.05) is 6.04 Å². The zero-order valence-electron chi connectivity index (χ0n) is 7.12. The van der Waals surface area contributed by atoms with Gasteiger partial charge in [0.05, 0.1) is 5.75 Å². The maximum atomic E-state index is 11.9. The molecular formula is C7H13F2NO2S. The van der Waals surface area contributed by atoms with Crippen LogP contribution in [0.2, 0.25) is 0 Å². The van der Waals surface area contributed by atoms with Gasteiger partial charge in [-0.25, -0.2) is 8.42 Å². The lowest BCUT2D eigenvalue weighted by atomic mass is 10.1. The van der Waals surface area contributed by atoms with E-state index in [2.05, 4.69) is 0 Å². The number of hydrogen-bond acceptors (Lipinski definition) is 3. The highest BCUT2D eigenvalue weighted by Crippen LogP contribution is 2.26. The molecule has 0 bridgehead atoms. The third-order valence-corrected chi connectivity index (χ3v) is 3.80. The van der Waals surface area contributed by atoms with E-state index in [0.717, 1.165) is 6.42 Å². The summed E-state index contributed by atoms with van der Waals surface area (Å²) in [6.07, 6.45) is 1.93. The van der Waals surface area contributed by atoms with Crippen molar-refractivity contribution in [3.63, 3.8) is 0 Å². The quantitative estimate of drug-likeness (QED) is 0.752. The summed E-state index contributed by atoms with van der Waals surface area (Å²) in [5.74, 6) is -3.84. The molecule has 3 nitrogen and oxygen atoms in total. The van der Waals surface area contributed by atoms with E-state index in [-0.39, 0.29) is 12.0 Å². The van der Waals surface area contributed by atoms with Crippen LogP contribution in [0.1, 0.15) is 19.3 Å². The molecule has 1 rings (SSSR count). The number of rotatable bonds is 3. The Morgan fingerprint density at radius 3 is 2.38 bits per heavy atom. The molecule has 1 fully saturated rings. The van der Waals surface area contributed by atoms with E-state index in [9.17, 15) is 17.2 Å². The molecule has 78 valence electrons. The summed E-state index contributed by atoms with van der Waals surface area (Å²) in [5.41, 5.74) is 5.54. The Kier molecular flexibility index (Phi) is 3.23. The van der Waals surface area contributed by atoms with Gasteiger partial charge in [-0.15, -0.1) is 0 Å². The fraction of sp³-hybridized carbons (Fsp3) is 1.00. The minimum Gasteiger partial charge on any atom is -0.328 e. The average Bonchev–Trinajstić information content (AvgIpc) is 2.34. The van der Waals surface area contributed by atoms with Gasteiger partial charge in [-0.3, -0.25) is 0 Å². The summed E-state index contributed by atoms with van der Waals surface area (Å²) >= 11 is 0. The van der Waals surface area contributed by atoms with Crippen LogP contribution in [0, 0.1) is 5.92 Å². The lowest BCUT2D eigenvalue weighted by molar-refractivity contribution is 0.233. The molecule has 0 aromatic rings. The van der Waals surface area contributed by atoms with E-state index >= 15 is 0 Å². The van der Waals surface area contributed by atoms with Gasteiger partial charge < -0.3 is 5.73 Å². The van der Waals surface area contributed by atoms with Crippen molar-refractivity contribution in [2.45, 2.75) is 31.1 Å². The third kappa shape index (κ3) is 2.87. The molecule has 1 aliphatic rings. The maximum Gasteiger partial charge on any atom is 0.336 e. The normalized spacial score (nSPS) is 29.8. The first-order chi connectivity index (χ1) is 5.92. The third-order valence-electron chi connectivity index (χ3n) is 2.32. The van der Waals surface area contributed by atoms with Gasteiger partial charge >= 0.3 is 5.76 Å². The highest BCUT2D eigenvalue weighted by atomic mass is 32.2. The summed E-state index contributed by atoms with van der Waals surface area (Å²) in [6, 6.07) is -0.0159. The zero-order valence-corrected chi connectivity index (χ0v) is 7.93. The van der Waals surface area contributed by atoms with Gasteiger partial charge in [0.25, 0.3) is 0 Å². The van der Waals surface area contributed by atoms with Gasteiger partial charge in [0.15, 0.2) is 0 Å². The first-order valence-electron chi connectivity index (χ1n) is 4.17. The molecule has 0 aromatic carbocycles. The van der Waals surface area contributed by atoms with Crippen molar-refractivity contribution in [3.05, 3.63) is 0 Å². The van der Waals surface area contributed by atoms with Crippen LogP contribution in [0.4, 0.5) is 8.78 Å². The van der Waals surface area contributed by atoms with E-state index < -0.39 is 21.3 Å². The van der Waals surface area contributed by atoms with Crippen LogP contribution in [0.5, 0.6) is 0 Å². The number of sulfone groups is 1. The van der Waals surface area contributed by atoms with Crippen LogP contribution in [0.15, 0.2) is 0 Å². The molecule has 0 spiro atoms. The summed E-state index contributed by atoms with van der Waals surface area (Å²) < 4.78 is 45.5. The Morgan fingerprint density at radius 2 is 2.00 bits per heavy atom. The minimum absolute atomic E-state index is 0.0159. The molecule has 0 saturated heterocycles. The zero-order chi connectivity index (χ0) is 10.1. The van der Waals surface area contributed by atoms with E-state index in [1.54, 1.807) is 0 Å². The summed E-state index contributed by atoms with van der Waals surface area (Å²) in [7, 11) is -4.19. The molecular weight excluding hydrogens is 200 g/mol. The molecule has 2 atom stereocenters. The van der Waals surface area contributed by atoms with Crippen LogP contribution in [0.3, 0.4) is 0 Å². The molecule has 0 heterocycles. The Morgan fingerprint density at radius 1 is 1.38 bits per heavy atom. The fourth-order valence-corrected chi connectivity index (χ4v) is 2.77. The first-order valence-corrected chi connectivity index (χ1v) is 5.88. The SMILES string of the molecule is N[C@@H]1CC[C@H](CS(=O)(=O)C(F)F)C1. The van der Waals surface area contributed by atoms with E-state index in [1.807, 2.05) is 0 Å². The predicted octanol–water partition coefficient (Wildman–Crippen LogP) is 0.751. The largest absolute Gasteiger partial charge is 0.336 e. The summed E-state index contributed by atoms with van der Waals surface area (Å²) in [5, 5.41) is 0. The van der Waals surface area contributed by atoms with Gasteiger partial charge in [-0.05, 0) is 25.2 Å². The number of hydrogen-bond donors (Lipinski definition) is 1. The standard InChI is InChI=1S/C7H13F2NO2S/c8-7(9)13(11,12)4-5-1-2-6(10)3-5/h5-7H,1-4,10H2/t5-,6+/m0/s1. The van der Waals surface area contributed by atoms with Crippen LogP contribution in [-0.4, -0.2) is 26.0 Å². The molecule has 6 heteroatoms. The average molecular weight is 213 g/mol. The van der Waals surface area contributed by atoms with Crippen LogP contribution in [-0.2, 0) is 9.84 Å². The molecule has 0 aliphatic heterocycles. The molecule has 0 aromatic heterocycles. The van der Waals surface area contributed by atoms with Crippen LogP contribution in [0.25, 0.3) is 0 Å². The van der Waals surface area contributed by atoms with Gasteiger partial charge in [-0.1, -0.05) is 0 Å². The minimum atomic E-state index is -4.19. The Labute approximate surface area is 76.2 Å². The Bertz CT molecular complexity index is 266. The topological polar surface area (TPSA) is 60.2 Å². The predicted molar refractivity (Wildman–Crippen MR) is 45.1 cm³/mol. The molecule has 1 saturated carbocycles. The highest BCUT2D eigenvalue weighted by molar-refractivity contribution is 7.91. The van der Waals surface area contributed by atoms with Crippen molar-refractivity contribution < 1.29 is 17.2 Å². The number of nitrogens with two attached hydrogens (primary N) is 1. The number of halogens is 2. The Balaban J connectivity index is 2.50. The van der Waals surface area contributed by atoms with E-state index in [4.69, 9.17) is 5.73 Å². The van der Waals surface area contributed by atoms with Crippen molar-refractivity contribution in [1.29, 1.82) is 0 Å². The highest BCUT2D eigenvalue weighted by Gasteiger charge is 2.31. The van der Waals surface area contributed by atoms with Crippen molar-refractivity contribution in [1.82, 2.24) is 0 Å². The van der Waals surface area contributed by atoms with Crippen molar-refractivity contribution in [2.24, 2.45) is 11.7 Å². The van der Waals surface area contributed by atoms with Crippen molar-refractivity contribution >= 4 is 9.84 Å². The molecule has 0 unspecified atom stereocenters. The molecule has 1 aliphatic carbocycles. The molecule has 0 amide bonds. The van der Waals surface area contributed by atoms with Gasteiger partial charge in [0.2, 0.25) is 9.84 Å². The summed E-state index contributed by atoms with van der Waals surface area (Å²) in [4.78, 5) is 0.